The Hall–Kier alpha value is -4.34. The third kappa shape index (κ3) is 5.45. The maximum absolute atomic E-state index is 13.7. The first-order chi connectivity index (χ1) is 18.9. The van der Waals surface area contributed by atoms with Crippen molar-refractivity contribution in [1.82, 2.24) is 20.9 Å². The van der Waals surface area contributed by atoms with Crippen LogP contribution in [-0.4, -0.2) is 61.5 Å². The highest BCUT2D eigenvalue weighted by Gasteiger charge is 2.38. The van der Waals surface area contributed by atoms with Crippen LogP contribution in [0.25, 0.3) is 10.9 Å². The molecule has 2 aliphatic rings. The number of methoxy groups -OCH3 is 2. The summed E-state index contributed by atoms with van der Waals surface area (Å²) < 4.78 is 10.3. The fourth-order valence-corrected chi connectivity index (χ4v) is 5.65. The van der Waals surface area contributed by atoms with E-state index in [0.717, 1.165) is 22.0 Å². The Labute approximate surface area is 225 Å². The third-order valence-corrected chi connectivity index (χ3v) is 7.70. The number of fused-ring (bicyclic) bond motifs is 2. The van der Waals surface area contributed by atoms with E-state index in [1.807, 2.05) is 36.4 Å². The average molecular weight is 533 g/mol. The van der Waals surface area contributed by atoms with Gasteiger partial charge in [-0.3, -0.25) is 14.4 Å². The van der Waals surface area contributed by atoms with E-state index < -0.39 is 35.8 Å². The number of hydrogen-bond donors (Lipinski definition) is 4. The Balaban J connectivity index is 1.39. The minimum Gasteiger partial charge on any atom is -0.496 e. The van der Waals surface area contributed by atoms with Gasteiger partial charge < -0.3 is 30.4 Å². The molecule has 0 unspecified atom stereocenters. The van der Waals surface area contributed by atoms with Gasteiger partial charge in [0.05, 0.1) is 14.2 Å². The lowest BCUT2D eigenvalue weighted by atomic mass is 9.94. The molecule has 2 heterocycles. The first kappa shape index (κ1) is 26.3. The summed E-state index contributed by atoms with van der Waals surface area (Å²) in [5.74, 6) is -1.73. The number of amides is 3. The highest BCUT2D eigenvalue weighted by atomic mass is 16.5. The molecule has 3 atom stereocenters. The van der Waals surface area contributed by atoms with E-state index in [4.69, 9.17) is 9.47 Å². The predicted octanol–water partition coefficient (Wildman–Crippen LogP) is 1.87. The lowest BCUT2D eigenvalue weighted by Gasteiger charge is -2.26. The van der Waals surface area contributed by atoms with Gasteiger partial charge in [-0.05, 0) is 60.9 Å². The summed E-state index contributed by atoms with van der Waals surface area (Å²) in [6.07, 6.45) is 1.90. The average Bonchev–Trinajstić information content (AvgIpc) is 3.68. The van der Waals surface area contributed by atoms with Gasteiger partial charge in [0.2, 0.25) is 11.8 Å². The summed E-state index contributed by atoms with van der Waals surface area (Å²) in [4.78, 5) is 55.0. The zero-order chi connectivity index (χ0) is 27.5. The number of nitrogens with one attached hydrogen (secondary N) is 4. The molecule has 5 rings (SSSR count). The van der Waals surface area contributed by atoms with Crippen LogP contribution < -0.4 is 20.7 Å². The third-order valence-electron chi connectivity index (χ3n) is 7.70. The predicted molar refractivity (Wildman–Crippen MR) is 143 cm³/mol. The number of rotatable bonds is 9. The van der Waals surface area contributed by atoms with Crippen LogP contribution in [0.3, 0.4) is 0 Å². The maximum atomic E-state index is 13.7. The Bertz CT molecular complexity index is 1390. The Morgan fingerprint density at radius 3 is 2.41 bits per heavy atom. The zero-order valence-corrected chi connectivity index (χ0v) is 21.9. The molecule has 10 nitrogen and oxygen atoms in total. The second-order valence-corrected chi connectivity index (χ2v) is 10.1. The number of benzene rings is 2. The topological polar surface area (TPSA) is 139 Å². The molecule has 3 amide bonds. The standard InChI is InChI=1S/C29H32N4O6/c1-38-24-9-5-8-21-20(24)15-22(31-21)27(35)33-25(19-12-16-6-3-4-7-17(16)13-19)28(36)32-23(29(37)39-2)14-18-10-11-30-26(18)34/h3-9,15,18-19,23,25,31H,10-14H2,1-2H3,(H,30,34)(H,32,36)(H,33,35)/t18-,23-,25-/m0/s1. The van der Waals surface area contributed by atoms with Gasteiger partial charge in [0, 0.05) is 23.4 Å². The Morgan fingerprint density at radius 2 is 1.77 bits per heavy atom. The van der Waals surface area contributed by atoms with Crippen molar-refractivity contribution >= 4 is 34.6 Å². The first-order valence-electron chi connectivity index (χ1n) is 13.1. The number of esters is 1. The van der Waals surface area contributed by atoms with E-state index in [-0.39, 0.29) is 23.9 Å². The molecule has 1 aromatic heterocycles. The number of carbonyl (C=O) groups excluding carboxylic acids is 4. The summed E-state index contributed by atoms with van der Waals surface area (Å²) in [5.41, 5.74) is 3.26. The summed E-state index contributed by atoms with van der Waals surface area (Å²) in [7, 11) is 2.81. The van der Waals surface area contributed by atoms with Gasteiger partial charge in [0.15, 0.2) is 0 Å². The van der Waals surface area contributed by atoms with Crippen molar-refractivity contribution in [3.05, 3.63) is 65.4 Å². The number of H-pyrrole nitrogens is 1. The Morgan fingerprint density at radius 1 is 1.03 bits per heavy atom. The van der Waals surface area contributed by atoms with Crippen LogP contribution in [0.2, 0.25) is 0 Å². The van der Waals surface area contributed by atoms with Crippen LogP contribution in [0.1, 0.15) is 34.5 Å². The molecule has 4 N–H and O–H groups in total. The number of hydrogen-bond acceptors (Lipinski definition) is 6. The van der Waals surface area contributed by atoms with Crippen LogP contribution in [-0.2, 0) is 32.0 Å². The van der Waals surface area contributed by atoms with Crippen molar-refractivity contribution in [3.63, 3.8) is 0 Å². The fraction of sp³-hybridized carbons (Fsp3) is 0.379. The molecule has 2 aromatic carbocycles. The molecular formula is C29H32N4O6. The second kappa shape index (κ2) is 11.2. The summed E-state index contributed by atoms with van der Waals surface area (Å²) in [6, 6.07) is 13.2. The van der Waals surface area contributed by atoms with E-state index >= 15 is 0 Å². The highest BCUT2D eigenvalue weighted by Crippen LogP contribution is 2.30. The van der Waals surface area contributed by atoms with Gasteiger partial charge in [-0.25, -0.2) is 4.79 Å². The molecule has 0 spiro atoms. The van der Waals surface area contributed by atoms with Crippen molar-refractivity contribution in [3.8, 4) is 5.75 Å². The SMILES string of the molecule is COC(=O)[C@H](C[C@@H]1CCNC1=O)NC(=O)[C@@H](NC(=O)c1cc2c(OC)cccc2[nH]1)C1Cc2ccccc2C1. The molecule has 10 heteroatoms. The summed E-state index contributed by atoms with van der Waals surface area (Å²) in [6.45, 7) is 0.527. The molecule has 1 aliphatic carbocycles. The monoisotopic (exact) mass is 532 g/mol. The van der Waals surface area contributed by atoms with Gasteiger partial charge in [-0.15, -0.1) is 0 Å². The van der Waals surface area contributed by atoms with Crippen molar-refractivity contribution in [1.29, 1.82) is 0 Å². The van der Waals surface area contributed by atoms with Crippen LogP contribution in [0.15, 0.2) is 48.5 Å². The number of carbonyl (C=O) groups is 4. The lowest BCUT2D eigenvalue weighted by Crippen LogP contribution is -2.55. The smallest absolute Gasteiger partial charge is 0.328 e. The van der Waals surface area contributed by atoms with Gasteiger partial charge in [-0.1, -0.05) is 30.3 Å². The van der Waals surface area contributed by atoms with E-state index in [2.05, 4.69) is 20.9 Å². The van der Waals surface area contributed by atoms with Gasteiger partial charge in [0.25, 0.3) is 5.91 Å². The van der Waals surface area contributed by atoms with Gasteiger partial charge in [-0.2, -0.15) is 0 Å². The van der Waals surface area contributed by atoms with Crippen molar-refractivity contribution in [2.45, 2.75) is 37.8 Å². The largest absolute Gasteiger partial charge is 0.496 e. The molecule has 204 valence electrons. The minimum absolute atomic E-state index is 0.123. The number of aromatic nitrogens is 1. The van der Waals surface area contributed by atoms with Gasteiger partial charge >= 0.3 is 5.97 Å². The highest BCUT2D eigenvalue weighted by molar-refractivity contribution is 6.02. The van der Waals surface area contributed by atoms with Gasteiger partial charge in [0.1, 0.15) is 23.5 Å². The minimum atomic E-state index is -1.02. The zero-order valence-electron chi connectivity index (χ0n) is 21.9. The second-order valence-electron chi connectivity index (χ2n) is 10.1. The number of aromatic amines is 1. The molecule has 0 saturated carbocycles. The Kier molecular flexibility index (Phi) is 7.53. The van der Waals surface area contributed by atoms with Crippen LogP contribution in [0, 0.1) is 11.8 Å². The molecule has 0 radical (unpaired) electrons. The normalized spacial score (nSPS) is 18.2. The molecule has 3 aromatic rings. The van der Waals surface area contributed by atoms with E-state index in [0.29, 0.717) is 31.6 Å². The van der Waals surface area contributed by atoms with Crippen LogP contribution in [0.4, 0.5) is 0 Å². The van der Waals surface area contributed by atoms with Crippen molar-refractivity contribution in [2.75, 3.05) is 20.8 Å². The van der Waals surface area contributed by atoms with Crippen molar-refractivity contribution in [2.24, 2.45) is 11.8 Å². The number of ether oxygens (including phenoxy) is 2. The molecule has 0 bridgehead atoms. The maximum Gasteiger partial charge on any atom is 0.328 e. The van der Waals surface area contributed by atoms with Crippen molar-refractivity contribution < 1.29 is 28.7 Å². The summed E-state index contributed by atoms with van der Waals surface area (Å²) >= 11 is 0. The quantitative estimate of drug-likeness (QED) is 0.311. The first-order valence-corrected chi connectivity index (χ1v) is 13.1. The molecule has 1 aliphatic heterocycles. The molecule has 39 heavy (non-hydrogen) atoms. The summed E-state index contributed by atoms with van der Waals surface area (Å²) in [5, 5.41) is 9.20. The van der Waals surface area contributed by atoms with E-state index in [9.17, 15) is 19.2 Å². The van der Waals surface area contributed by atoms with Crippen LogP contribution in [0.5, 0.6) is 5.75 Å². The fourth-order valence-electron chi connectivity index (χ4n) is 5.65. The molecular weight excluding hydrogens is 500 g/mol. The van der Waals surface area contributed by atoms with Crippen LogP contribution >= 0.6 is 0 Å². The molecule has 1 saturated heterocycles. The van der Waals surface area contributed by atoms with E-state index in [1.54, 1.807) is 19.2 Å². The van der Waals surface area contributed by atoms with E-state index in [1.165, 1.54) is 7.11 Å². The lowest BCUT2D eigenvalue weighted by molar-refractivity contribution is -0.146. The molecule has 1 fully saturated rings.